The Kier molecular flexibility index (Phi) is 3.13. The molecule has 2 aliphatic heterocycles. The number of fused-ring (bicyclic) bond motifs is 4. The Bertz CT molecular complexity index is 885. The second kappa shape index (κ2) is 5.09. The molecule has 4 rings (SSSR count). The number of benzene rings is 2. The number of ether oxygens (including phenoxy) is 1. The summed E-state index contributed by atoms with van der Waals surface area (Å²) in [6.07, 6.45) is 0.778. The van der Waals surface area contributed by atoms with Gasteiger partial charge in [0.05, 0.1) is 7.11 Å². The first-order valence-electron chi connectivity index (χ1n) is 7.91. The van der Waals surface area contributed by atoms with Crippen molar-refractivity contribution in [3.05, 3.63) is 46.5 Å². The Hall–Kier alpha value is -2.82. The minimum absolute atomic E-state index is 0.0842. The van der Waals surface area contributed by atoms with Crippen LogP contribution in [-0.2, 0) is 13.0 Å². The predicted molar refractivity (Wildman–Crippen MR) is 91.0 cm³/mol. The maximum atomic E-state index is 10.5. The molecule has 124 valence electrons. The minimum atomic E-state index is -0.112. The first-order chi connectivity index (χ1) is 11.5. The number of aromatic hydroxyl groups is 3. The molecule has 5 nitrogen and oxygen atoms in total. The molecule has 0 atom stereocenters. The van der Waals surface area contributed by atoms with Crippen LogP contribution in [-0.4, -0.2) is 33.9 Å². The minimum Gasteiger partial charge on any atom is -0.504 e. The zero-order chi connectivity index (χ0) is 17.0. The Morgan fingerprint density at radius 3 is 2.54 bits per heavy atom. The summed E-state index contributed by atoms with van der Waals surface area (Å²) in [5.74, 6) is 0.469. The average Bonchev–Trinajstić information content (AvgIpc) is 2.57. The van der Waals surface area contributed by atoms with E-state index in [9.17, 15) is 15.3 Å². The molecule has 24 heavy (non-hydrogen) atoms. The van der Waals surface area contributed by atoms with Crippen LogP contribution in [0.4, 0.5) is 0 Å². The van der Waals surface area contributed by atoms with Gasteiger partial charge in [-0.25, -0.2) is 0 Å². The summed E-state index contributed by atoms with van der Waals surface area (Å²) < 4.78 is 5.22. The van der Waals surface area contributed by atoms with Gasteiger partial charge in [0.2, 0.25) is 0 Å². The number of phenols is 3. The lowest BCUT2D eigenvalue weighted by atomic mass is 9.86. The van der Waals surface area contributed by atoms with Crippen molar-refractivity contribution in [2.45, 2.75) is 19.9 Å². The highest BCUT2D eigenvalue weighted by molar-refractivity contribution is 5.94. The Morgan fingerprint density at radius 2 is 1.79 bits per heavy atom. The van der Waals surface area contributed by atoms with Crippen LogP contribution >= 0.6 is 0 Å². The average molecular weight is 325 g/mol. The number of methoxy groups -OCH3 is 1. The van der Waals surface area contributed by atoms with E-state index in [1.807, 2.05) is 13.0 Å². The quantitative estimate of drug-likeness (QED) is 0.703. The molecule has 0 saturated carbocycles. The predicted octanol–water partition coefficient (Wildman–Crippen LogP) is 3.07. The SMILES string of the molecule is COc1ccc2c(c1O)CN1CCc3cc(O)c(O)cc3C1=C2C. The highest BCUT2D eigenvalue weighted by Gasteiger charge is 2.31. The fraction of sp³-hybridized carbons (Fsp3) is 0.263. The second-order valence-corrected chi connectivity index (χ2v) is 6.29. The molecule has 0 aliphatic carbocycles. The molecule has 2 heterocycles. The van der Waals surface area contributed by atoms with E-state index in [-0.39, 0.29) is 17.2 Å². The molecule has 0 fully saturated rings. The molecule has 2 aromatic rings. The summed E-state index contributed by atoms with van der Waals surface area (Å²) in [5, 5.41) is 30.1. The van der Waals surface area contributed by atoms with Crippen molar-refractivity contribution in [2.75, 3.05) is 13.7 Å². The number of rotatable bonds is 1. The third-order valence-corrected chi connectivity index (χ3v) is 5.00. The summed E-state index contributed by atoms with van der Waals surface area (Å²) in [6, 6.07) is 7.00. The van der Waals surface area contributed by atoms with E-state index in [0.717, 1.165) is 46.5 Å². The standard InChI is InChI=1S/C19H19NO4/c1-10-12-3-4-17(24-2)19(23)14(12)9-20-6-5-11-7-15(21)16(22)8-13(11)18(10)20/h3-4,7-8,21-23H,5-6,9H2,1-2H3. The lowest BCUT2D eigenvalue weighted by Crippen LogP contribution is -2.32. The monoisotopic (exact) mass is 325 g/mol. The molecule has 3 N–H and O–H groups in total. The zero-order valence-corrected chi connectivity index (χ0v) is 13.6. The van der Waals surface area contributed by atoms with Crippen molar-refractivity contribution in [1.29, 1.82) is 0 Å². The number of phenolic OH excluding ortho intramolecular Hbond substituents is 3. The van der Waals surface area contributed by atoms with Gasteiger partial charge in [0.15, 0.2) is 23.0 Å². The third kappa shape index (κ3) is 1.94. The number of nitrogens with zero attached hydrogens (tertiary/aromatic N) is 1. The van der Waals surface area contributed by atoms with E-state index >= 15 is 0 Å². The fourth-order valence-corrected chi connectivity index (χ4v) is 3.79. The third-order valence-electron chi connectivity index (χ3n) is 5.00. The van der Waals surface area contributed by atoms with E-state index in [4.69, 9.17) is 4.74 Å². The van der Waals surface area contributed by atoms with Gasteiger partial charge in [0.1, 0.15) is 0 Å². The maximum Gasteiger partial charge on any atom is 0.163 e. The molecule has 0 bridgehead atoms. The lowest BCUT2D eigenvalue weighted by molar-refractivity contribution is 0.346. The highest BCUT2D eigenvalue weighted by Crippen LogP contribution is 2.46. The molecule has 0 unspecified atom stereocenters. The van der Waals surface area contributed by atoms with E-state index in [0.29, 0.717) is 12.3 Å². The maximum absolute atomic E-state index is 10.5. The molecule has 0 saturated heterocycles. The first-order valence-corrected chi connectivity index (χ1v) is 7.91. The molecule has 0 radical (unpaired) electrons. The number of hydrogen-bond acceptors (Lipinski definition) is 5. The largest absolute Gasteiger partial charge is 0.504 e. The summed E-state index contributed by atoms with van der Waals surface area (Å²) in [5.41, 5.74) is 5.90. The van der Waals surface area contributed by atoms with Crippen LogP contribution in [0.1, 0.15) is 29.2 Å². The fourth-order valence-electron chi connectivity index (χ4n) is 3.79. The van der Waals surface area contributed by atoms with Gasteiger partial charge in [0, 0.05) is 29.9 Å². The van der Waals surface area contributed by atoms with Crippen LogP contribution in [0, 0.1) is 0 Å². The van der Waals surface area contributed by atoms with Crippen LogP contribution in [0.15, 0.2) is 24.3 Å². The van der Waals surface area contributed by atoms with Gasteiger partial charge in [-0.2, -0.15) is 0 Å². The van der Waals surface area contributed by atoms with Gasteiger partial charge in [0.25, 0.3) is 0 Å². The van der Waals surface area contributed by atoms with E-state index in [1.54, 1.807) is 25.3 Å². The van der Waals surface area contributed by atoms with Crippen molar-refractivity contribution in [3.8, 4) is 23.0 Å². The van der Waals surface area contributed by atoms with Crippen molar-refractivity contribution in [2.24, 2.45) is 0 Å². The molecular formula is C19H19NO4. The smallest absolute Gasteiger partial charge is 0.163 e. The number of allylic oxidation sites excluding steroid dienone is 1. The zero-order valence-electron chi connectivity index (χ0n) is 13.6. The van der Waals surface area contributed by atoms with Crippen LogP contribution < -0.4 is 4.74 Å². The van der Waals surface area contributed by atoms with Crippen LogP contribution in [0.25, 0.3) is 11.3 Å². The van der Waals surface area contributed by atoms with Gasteiger partial charge in [-0.15, -0.1) is 0 Å². The summed E-state index contributed by atoms with van der Waals surface area (Å²) >= 11 is 0. The number of hydrogen-bond donors (Lipinski definition) is 3. The van der Waals surface area contributed by atoms with Crippen molar-refractivity contribution in [3.63, 3.8) is 0 Å². The molecule has 0 aromatic heterocycles. The Balaban J connectivity index is 1.95. The van der Waals surface area contributed by atoms with E-state index in [2.05, 4.69) is 4.90 Å². The molecule has 2 aromatic carbocycles. The van der Waals surface area contributed by atoms with Crippen molar-refractivity contribution < 1.29 is 20.1 Å². The van der Waals surface area contributed by atoms with Crippen molar-refractivity contribution in [1.82, 2.24) is 4.90 Å². The Labute approximate surface area is 140 Å². The van der Waals surface area contributed by atoms with Gasteiger partial charge in [-0.1, -0.05) is 6.07 Å². The summed E-state index contributed by atoms with van der Waals surface area (Å²) in [7, 11) is 1.55. The van der Waals surface area contributed by atoms with Gasteiger partial charge >= 0.3 is 0 Å². The van der Waals surface area contributed by atoms with Crippen molar-refractivity contribution >= 4 is 11.3 Å². The Morgan fingerprint density at radius 1 is 1.04 bits per heavy atom. The molecular weight excluding hydrogens is 306 g/mol. The molecule has 0 amide bonds. The van der Waals surface area contributed by atoms with Crippen LogP contribution in [0.3, 0.4) is 0 Å². The normalized spacial score (nSPS) is 15.7. The summed E-state index contributed by atoms with van der Waals surface area (Å²) in [6.45, 7) is 3.40. The first kappa shape index (κ1) is 14.8. The van der Waals surface area contributed by atoms with Crippen LogP contribution in [0.5, 0.6) is 23.0 Å². The molecule has 2 aliphatic rings. The van der Waals surface area contributed by atoms with Gasteiger partial charge in [-0.05, 0) is 48.2 Å². The van der Waals surface area contributed by atoms with E-state index < -0.39 is 0 Å². The van der Waals surface area contributed by atoms with Crippen LogP contribution in [0.2, 0.25) is 0 Å². The van der Waals surface area contributed by atoms with Gasteiger partial charge < -0.3 is 25.0 Å². The van der Waals surface area contributed by atoms with E-state index in [1.165, 1.54) is 0 Å². The topological polar surface area (TPSA) is 73.2 Å². The molecule has 5 heteroatoms. The highest BCUT2D eigenvalue weighted by atomic mass is 16.5. The molecule has 0 spiro atoms. The second-order valence-electron chi connectivity index (χ2n) is 6.29. The lowest BCUT2D eigenvalue weighted by Gasteiger charge is -2.39. The van der Waals surface area contributed by atoms with Gasteiger partial charge in [-0.3, -0.25) is 0 Å². The summed E-state index contributed by atoms with van der Waals surface area (Å²) in [4.78, 5) is 2.20.